The molecule has 0 aromatic carbocycles. The minimum absolute atomic E-state index is 0.447. The molecule has 0 aliphatic heterocycles. The third-order valence-corrected chi connectivity index (χ3v) is 3.18. The van der Waals surface area contributed by atoms with E-state index in [1.165, 1.54) is 6.33 Å². The van der Waals surface area contributed by atoms with Crippen molar-refractivity contribution in [2.24, 2.45) is 0 Å². The predicted molar refractivity (Wildman–Crippen MR) is 68.7 cm³/mol. The zero-order valence-corrected chi connectivity index (χ0v) is 11.3. The largest absolute Gasteiger partial charge is 0.388 e. The highest BCUT2D eigenvalue weighted by molar-refractivity contribution is 9.10. The standard InChI is InChI=1S/C10H17BrN4O/c1-4-10(2,16)5-13-9-7(11)8(12-3)14-6-15-9/h6,16H,4-5H2,1-3H3,(H2,12,13,14,15). The summed E-state index contributed by atoms with van der Waals surface area (Å²) in [6.45, 7) is 4.17. The van der Waals surface area contributed by atoms with Crippen molar-refractivity contribution in [1.29, 1.82) is 0 Å². The number of nitrogens with one attached hydrogen (secondary N) is 2. The lowest BCUT2D eigenvalue weighted by atomic mass is 10.0. The molecule has 16 heavy (non-hydrogen) atoms. The number of hydrogen-bond acceptors (Lipinski definition) is 5. The van der Waals surface area contributed by atoms with Crippen molar-refractivity contribution < 1.29 is 5.11 Å². The molecule has 1 rings (SSSR count). The molecule has 0 aliphatic rings. The van der Waals surface area contributed by atoms with Crippen molar-refractivity contribution in [1.82, 2.24) is 9.97 Å². The first-order chi connectivity index (χ1) is 7.50. The molecule has 0 fully saturated rings. The normalized spacial score (nSPS) is 14.3. The maximum absolute atomic E-state index is 9.87. The average Bonchev–Trinajstić information content (AvgIpc) is 2.28. The highest BCUT2D eigenvalue weighted by Crippen LogP contribution is 2.26. The number of anilines is 2. The van der Waals surface area contributed by atoms with Crippen LogP contribution in [0.4, 0.5) is 11.6 Å². The van der Waals surface area contributed by atoms with E-state index in [2.05, 4.69) is 36.5 Å². The first-order valence-corrected chi connectivity index (χ1v) is 5.94. The highest BCUT2D eigenvalue weighted by Gasteiger charge is 2.18. The molecule has 0 saturated heterocycles. The summed E-state index contributed by atoms with van der Waals surface area (Å²) in [5.41, 5.74) is -0.732. The van der Waals surface area contributed by atoms with Gasteiger partial charge in [-0.05, 0) is 29.3 Å². The van der Waals surface area contributed by atoms with Gasteiger partial charge in [0.25, 0.3) is 0 Å². The van der Waals surface area contributed by atoms with Gasteiger partial charge >= 0.3 is 0 Å². The Morgan fingerprint density at radius 2 is 2.06 bits per heavy atom. The van der Waals surface area contributed by atoms with E-state index in [0.29, 0.717) is 24.6 Å². The molecule has 0 radical (unpaired) electrons. The molecule has 90 valence electrons. The molecule has 1 heterocycles. The number of halogens is 1. The van der Waals surface area contributed by atoms with Crippen LogP contribution in [0.25, 0.3) is 0 Å². The Morgan fingerprint density at radius 3 is 2.62 bits per heavy atom. The maximum Gasteiger partial charge on any atom is 0.146 e. The lowest BCUT2D eigenvalue weighted by molar-refractivity contribution is 0.0696. The Labute approximate surface area is 104 Å². The lowest BCUT2D eigenvalue weighted by Crippen LogP contribution is -2.32. The predicted octanol–water partition coefficient (Wildman–Crippen LogP) is 1.85. The Morgan fingerprint density at radius 1 is 1.44 bits per heavy atom. The van der Waals surface area contributed by atoms with Gasteiger partial charge in [0.05, 0.1) is 5.60 Å². The molecule has 0 saturated carbocycles. The Kier molecular flexibility index (Phi) is 4.49. The first kappa shape index (κ1) is 13.2. The minimum atomic E-state index is -0.732. The van der Waals surface area contributed by atoms with E-state index < -0.39 is 5.60 Å². The summed E-state index contributed by atoms with van der Waals surface area (Å²) in [6, 6.07) is 0. The fourth-order valence-corrected chi connectivity index (χ4v) is 1.61. The summed E-state index contributed by atoms with van der Waals surface area (Å²) in [4.78, 5) is 8.15. The SMILES string of the molecule is CCC(C)(O)CNc1ncnc(NC)c1Br. The first-order valence-electron chi connectivity index (χ1n) is 5.14. The Bertz CT molecular complexity index is 357. The molecular weight excluding hydrogens is 272 g/mol. The van der Waals surface area contributed by atoms with E-state index in [1.54, 1.807) is 14.0 Å². The van der Waals surface area contributed by atoms with Crippen molar-refractivity contribution in [2.45, 2.75) is 25.9 Å². The molecule has 1 aromatic rings. The Balaban J connectivity index is 2.75. The molecule has 0 aliphatic carbocycles. The third kappa shape index (κ3) is 3.31. The lowest BCUT2D eigenvalue weighted by Gasteiger charge is -2.22. The molecule has 5 nitrogen and oxygen atoms in total. The van der Waals surface area contributed by atoms with Gasteiger partial charge < -0.3 is 15.7 Å². The van der Waals surface area contributed by atoms with Crippen LogP contribution in [-0.4, -0.2) is 34.3 Å². The summed E-state index contributed by atoms with van der Waals surface area (Å²) in [6.07, 6.45) is 2.15. The van der Waals surface area contributed by atoms with E-state index in [1.807, 2.05) is 6.92 Å². The van der Waals surface area contributed by atoms with Crippen LogP contribution in [-0.2, 0) is 0 Å². The fraction of sp³-hybridized carbons (Fsp3) is 0.600. The van der Waals surface area contributed by atoms with Crippen molar-refractivity contribution in [3.8, 4) is 0 Å². The zero-order chi connectivity index (χ0) is 12.2. The zero-order valence-electron chi connectivity index (χ0n) is 9.71. The number of nitrogens with zero attached hydrogens (tertiary/aromatic N) is 2. The monoisotopic (exact) mass is 288 g/mol. The molecule has 0 amide bonds. The summed E-state index contributed by atoms with van der Waals surface area (Å²) < 4.78 is 0.768. The summed E-state index contributed by atoms with van der Waals surface area (Å²) in [5.74, 6) is 1.39. The van der Waals surface area contributed by atoms with E-state index in [0.717, 1.165) is 4.47 Å². The molecule has 0 bridgehead atoms. The minimum Gasteiger partial charge on any atom is -0.388 e. The number of rotatable bonds is 5. The van der Waals surface area contributed by atoms with Crippen LogP contribution in [0.5, 0.6) is 0 Å². The van der Waals surface area contributed by atoms with Crippen LogP contribution in [0.3, 0.4) is 0 Å². The van der Waals surface area contributed by atoms with Crippen LogP contribution in [0.2, 0.25) is 0 Å². The summed E-state index contributed by atoms with van der Waals surface area (Å²) >= 11 is 3.40. The van der Waals surface area contributed by atoms with Crippen LogP contribution in [0.15, 0.2) is 10.8 Å². The van der Waals surface area contributed by atoms with Crippen LogP contribution in [0.1, 0.15) is 20.3 Å². The third-order valence-electron chi connectivity index (χ3n) is 2.42. The fourth-order valence-electron chi connectivity index (χ4n) is 1.07. The van der Waals surface area contributed by atoms with Gasteiger partial charge in [-0.15, -0.1) is 0 Å². The van der Waals surface area contributed by atoms with Gasteiger partial charge in [-0.2, -0.15) is 0 Å². The Hall–Kier alpha value is -0.880. The summed E-state index contributed by atoms with van der Waals surface area (Å²) in [5, 5.41) is 15.9. The van der Waals surface area contributed by atoms with Gasteiger partial charge in [-0.3, -0.25) is 0 Å². The van der Waals surface area contributed by atoms with Gasteiger partial charge in [0.15, 0.2) is 0 Å². The highest BCUT2D eigenvalue weighted by atomic mass is 79.9. The van der Waals surface area contributed by atoms with E-state index in [9.17, 15) is 5.11 Å². The van der Waals surface area contributed by atoms with Gasteiger partial charge in [-0.25, -0.2) is 9.97 Å². The van der Waals surface area contributed by atoms with Crippen molar-refractivity contribution in [3.05, 3.63) is 10.8 Å². The number of aliphatic hydroxyl groups is 1. The van der Waals surface area contributed by atoms with Crippen molar-refractivity contribution in [3.63, 3.8) is 0 Å². The van der Waals surface area contributed by atoms with Gasteiger partial charge in [-0.1, -0.05) is 6.92 Å². The van der Waals surface area contributed by atoms with Gasteiger partial charge in [0, 0.05) is 13.6 Å². The van der Waals surface area contributed by atoms with Crippen LogP contribution >= 0.6 is 15.9 Å². The maximum atomic E-state index is 9.87. The topological polar surface area (TPSA) is 70.1 Å². The molecular formula is C10H17BrN4O. The van der Waals surface area contributed by atoms with Crippen molar-refractivity contribution >= 4 is 27.6 Å². The second-order valence-electron chi connectivity index (χ2n) is 3.84. The molecule has 0 spiro atoms. The molecule has 1 unspecified atom stereocenters. The van der Waals surface area contributed by atoms with E-state index in [4.69, 9.17) is 0 Å². The second-order valence-corrected chi connectivity index (χ2v) is 4.63. The van der Waals surface area contributed by atoms with E-state index in [-0.39, 0.29) is 0 Å². The van der Waals surface area contributed by atoms with Gasteiger partial charge in [0.2, 0.25) is 0 Å². The molecule has 3 N–H and O–H groups in total. The molecule has 6 heteroatoms. The van der Waals surface area contributed by atoms with Gasteiger partial charge in [0.1, 0.15) is 22.4 Å². The quantitative estimate of drug-likeness (QED) is 0.772. The number of aromatic nitrogens is 2. The van der Waals surface area contributed by atoms with Crippen molar-refractivity contribution in [2.75, 3.05) is 24.2 Å². The van der Waals surface area contributed by atoms with E-state index >= 15 is 0 Å². The van der Waals surface area contributed by atoms with Crippen LogP contribution in [0, 0.1) is 0 Å². The average molecular weight is 289 g/mol. The smallest absolute Gasteiger partial charge is 0.146 e. The summed E-state index contributed by atoms with van der Waals surface area (Å²) in [7, 11) is 1.79. The molecule has 1 aromatic heterocycles. The molecule has 1 atom stereocenters. The van der Waals surface area contributed by atoms with Crippen LogP contribution < -0.4 is 10.6 Å². The second kappa shape index (κ2) is 5.45. The number of hydrogen-bond donors (Lipinski definition) is 3.